The number of benzene rings is 1. The first-order valence-corrected chi connectivity index (χ1v) is 21.0. The third kappa shape index (κ3) is 64.9. The van der Waals surface area contributed by atoms with Crippen molar-refractivity contribution < 1.29 is 18.9 Å². The highest BCUT2D eigenvalue weighted by Crippen LogP contribution is 1.97. The van der Waals surface area contributed by atoms with Crippen LogP contribution in [0.2, 0.25) is 0 Å². The third-order valence-electron chi connectivity index (χ3n) is 7.67. The SMILES string of the molecule is C.C.C.C.C.C.C.C1CCNC1.C1CCNCC1.C1CCNCOCC1.C1CCOCNC1.C1CNCOC1.C1COCN1.c1cc[nH]c1.c1ccccc1.c1ccsc1. The van der Waals surface area contributed by atoms with Gasteiger partial charge >= 0.3 is 0 Å². The van der Waals surface area contributed by atoms with Gasteiger partial charge in [-0.05, 0) is 133 Å². The van der Waals surface area contributed by atoms with Gasteiger partial charge in [0.2, 0.25) is 0 Å². The van der Waals surface area contributed by atoms with Crippen LogP contribution in [0.3, 0.4) is 0 Å². The van der Waals surface area contributed by atoms with Crippen molar-refractivity contribution in [3.8, 4) is 0 Å². The summed E-state index contributed by atoms with van der Waals surface area (Å²) in [6.07, 6.45) is 18.2. The summed E-state index contributed by atoms with van der Waals surface area (Å²) in [7, 11) is 0. The minimum Gasteiger partial charge on any atom is -0.368 e. The predicted octanol–water partition coefficient (Wildman–Crippen LogP) is 10.6. The molecule has 0 bridgehead atoms. The normalized spacial score (nSPS) is 16.9. The molecule has 6 aliphatic heterocycles. The number of nitrogens with one attached hydrogen (secondary N) is 7. The molecule has 0 radical (unpaired) electrons. The fourth-order valence-corrected chi connectivity index (χ4v) is 5.16. The molecule has 0 amide bonds. The Labute approximate surface area is 378 Å². The average molecular weight is 874 g/mol. The number of aromatic nitrogens is 1. The lowest BCUT2D eigenvalue weighted by atomic mass is 10.2. The third-order valence-corrected chi connectivity index (χ3v) is 8.30. The maximum absolute atomic E-state index is 5.16. The molecule has 6 aliphatic rings. The Morgan fingerprint density at radius 1 is 0.283 bits per heavy atom. The average Bonchev–Trinajstić information content (AvgIpc) is 4.09. The van der Waals surface area contributed by atoms with E-state index >= 15 is 0 Å². The van der Waals surface area contributed by atoms with Crippen LogP contribution in [0, 0.1) is 0 Å². The molecular formula is C48H103N7O4S. The molecule has 0 unspecified atom stereocenters. The van der Waals surface area contributed by atoms with Crippen molar-refractivity contribution in [1.82, 2.24) is 36.9 Å². The van der Waals surface area contributed by atoms with Crippen LogP contribution in [0.4, 0.5) is 0 Å². The highest BCUT2D eigenvalue weighted by Gasteiger charge is 1.96. The van der Waals surface area contributed by atoms with Crippen molar-refractivity contribution in [2.75, 3.05) is 106 Å². The number of aromatic amines is 1. The van der Waals surface area contributed by atoms with Gasteiger partial charge in [-0.25, -0.2) is 0 Å². The molecule has 2 aromatic heterocycles. The molecule has 8 heterocycles. The summed E-state index contributed by atoms with van der Waals surface area (Å²) in [6.45, 7) is 16.1. The van der Waals surface area contributed by atoms with Crippen molar-refractivity contribution in [2.24, 2.45) is 0 Å². The molecule has 0 saturated carbocycles. The molecule has 11 nitrogen and oxygen atoms in total. The maximum atomic E-state index is 5.16. The second-order valence-electron chi connectivity index (χ2n) is 12.4. The highest BCUT2D eigenvalue weighted by atomic mass is 32.1. The van der Waals surface area contributed by atoms with E-state index in [2.05, 4.69) is 36.9 Å². The molecule has 60 heavy (non-hydrogen) atoms. The van der Waals surface area contributed by atoms with Crippen molar-refractivity contribution in [3.05, 3.63) is 83.8 Å². The summed E-state index contributed by atoms with van der Waals surface area (Å²) in [4.78, 5) is 2.86. The summed E-state index contributed by atoms with van der Waals surface area (Å²) >= 11 is 1.71. The quantitative estimate of drug-likeness (QED) is 0.117. The molecule has 9 rings (SSSR count). The first-order valence-electron chi connectivity index (χ1n) is 20.1. The van der Waals surface area contributed by atoms with Crippen molar-refractivity contribution >= 4 is 11.3 Å². The molecular weight excluding hydrogens is 771 g/mol. The van der Waals surface area contributed by atoms with E-state index in [0.29, 0.717) is 0 Å². The highest BCUT2D eigenvalue weighted by molar-refractivity contribution is 7.07. The van der Waals surface area contributed by atoms with Crippen LogP contribution in [-0.2, 0) is 18.9 Å². The molecule has 0 spiro atoms. The van der Waals surface area contributed by atoms with Crippen LogP contribution in [0.15, 0.2) is 83.8 Å². The number of piperidine rings is 1. The molecule has 0 aliphatic carbocycles. The lowest BCUT2D eigenvalue weighted by Gasteiger charge is -2.10. The largest absolute Gasteiger partial charge is 0.368 e. The smallest absolute Gasteiger partial charge is 0.0966 e. The summed E-state index contributed by atoms with van der Waals surface area (Å²) in [5, 5.41) is 22.9. The minimum absolute atomic E-state index is 0. The minimum atomic E-state index is 0. The second kappa shape index (κ2) is 68.5. The van der Waals surface area contributed by atoms with Gasteiger partial charge in [-0.1, -0.05) is 107 Å². The Hall–Kier alpha value is -2.20. The Morgan fingerprint density at radius 2 is 0.600 bits per heavy atom. The first-order chi connectivity index (χ1) is 26.5. The zero-order valence-corrected chi connectivity index (χ0v) is 33.5. The van der Waals surface area contributed by atoms with Gasteiger partial charge in [-0.15, -0.1) is 0 Å². The van der Waals surface area contributed by atoms with E-state index in [1.807, 2.05) is 83.8 Å². The molecule has 360 valence electrons. The Morgan fingerprint density at radius 3 is 0.867 bits per heavy atom. The predicted molar refractivity (Wildman–Crippen MR) is 270 cm³/mol. The van der Waals surface area contributed by atoms with E-state index in [1.165, 1.54) is 96.8 Å². The Bertz CT molecular complexity index is 773. The lowest BCUT2D eigenvalue weighted by Crippen LogP contribution is -2.26. The molecule has 12 heteroatoms. The summed E-state index contributed by atoms with van der Waals surface area (Å²) < 4.78 is 20.0. The zero-order valence-electron chi connectivity index (χ0n) is 32.7. The van der Waals surface area contributed by atoms with Gasteiger partial charge in [-0.3, -0.25) is 21.3 Å². The Kier molecular flexibility index (Phi) is 82.5. The molecule has 1 aromatic carbocycles. The van der Waals surface area contributed by atoms with Gasteiger partial charge in [0.05, 0.1) is 33.5 Å². The molecule has 6 saturated heterocycles. The van der Waals surface area contributed by atoms with E-state index in [1.54, 1.807) is 11.3 Å². The number of hydrogen-bond acceptors (Lipinski definition) is 11. The second-order valence-corrected chi connectivity index (χ2v) is 13.2. The van der Waals surface area contributed by atoms with E-state index in [0.717, 1.165) is 79.5 Å². The zero-order chi connectivity index (χ0) is 37.5. The summed E-state index contributed by atoms with van der Waals surface area (Å²) in [6, 6.07) is 19.9. The van der Waals surface area contributed by atoms with Crippen LogP contribution in [0.25, 0.3) is 0 Å². The van der Waals surface area contributed by atoms with Gasteiger partial charge in [0.25, 0.3) is 0 Å². The summed E-state index contributed by atoms with van der Waals surface area (Å²) in [5.41, 5.74) is 0. The van der Waals surface area contributed by atoms with E-state index in [9.17, 15) is 0 Å². The van der Waals surface area contributed by atoms with E-state index in [-0.39, 0.29) is 52.0 Å². The number of ether oxygens (including phenoxy) is 4. The monoisotopic (exact) mass is 874 g/mol. The standard InChI is InChI=1S/C6H13NO.C6H6.C5H11NO.C5H11N.C4H9NO.C4H9N.C4H5N.C4H4S.C3H7NO.7CH4/c1-2-4-7-6-8-5-3-1;1-2-4-6-5-3-1;1-2-4-7-5-6-3-1;1-2-4-6-5-3-1;1-2-5-4-6-3-1;3*1-2-4-5-3-1;1-2-5-3-4-1;;;;;;;/h7H,1-6H2;1-6H;6H,1-5H2;6H,1-5H2;5H,1-4H2;5H,1-4H2;1-5H;1-4H;4H,1-3H2;7*1H4. The van der Waals surface area contributed by atoms with Gasteiger partial charge in [0, 0.05) is 38.8 Å². The van der Waals surface area contributed by atoms with E-state index in [4.69, 9.17) is 18.9 Å². The van der Waals surface area contributed by atoms with Crippen molar-refractivity contribution in [1.29, 1.82) is 0 Å². The lowest BCUT2D eigenvalue weighted by molar-refractivity contribution is 0.0848. The summed E-state index contributed by atoms with van der Waals surface area (Å²) in [5.74, 6) is 0. The van der Waals surface area contributed by atoms with Gasteiger partial charge in [0.15, 0.2) is 0 Å². The molecule has 0 atom stereocenters. The molecule has 6 fully saturated rings. The number of H-pyrrole nitrogens is 1. The van der Waals surface area contributed by atoms with Gasteiger partial charge in [0.1, 0.15) is 0 Å². The fourth-order valence-electron chi connectivity index (χ4n) is 4.71. The van der Waals surface area contributed by atoms with E-state index < -0.39 is 0 Å². The van der Waals surface area contributed by atoms with Crippen molar-refractivity contribution in [2.45, 2.75) is 123 Å². The van der Waals surface area contributed by atoms with Crippen LogP contribution >= 0.6 is 11.3 Å². The molecule has 3 aromatic rings. The number of thiophene rings is 1. The molecule has 7 N–H and O–H groups in total. The topological polar surface area (TPSA) is 125 Å². The van der Waals surface area contributed by atoms with Crippen LogP contribution < -0.4 is 31.9 Å². The van der Waals surface area contributed by atoms with Gasteiger partial charge < -0.3 is 34.6 Å². The maximum Gasteiger partial charge on any atom is 0.0966 e. The van der Waals surface area contributed by atoms with Gasteiger partial charge in [-0.2, -0.15) is 11.3 Å². The number of rotatable bonds is 0. The fraction of sp³-hybridized carbons (Fsp3) is 0.708. The van der Waals surface area contributed by atoms with Crippen LogP contribution in [0.1, 0.15) is 123 Å². The first kappa shape index (κ1) is 72.3. The Balaban J connectivity index is -0.000000104. The van der Waals surface area contributed by atoms with Crippen LogP contribution in [0.5, 0.6) is 0 Å². The van der Waals surface area contributed by atoms with Crippen LogP contribution in [-0.4, -0.2) is 111 Å². The number of hydrogen-bond donors (Lipinski definition) is 7. The van der Waals surface area contributed by atoms with Crippen molar-refractivity contribution in [3.63, 3.8) is 0 Å².